The number of halogens is 3. The fourth-order valence-corrected chi connectivity index (χ4v) is 15.3. The summed E-state index contributed by atoms with van der Waals surface area (Å²) < 4.78 is 43.2. The van der Waals surface area contributed by atoms with E-state index in [1.165, 1.54) is 51.1 Å². The second kappa shape index (κ2) is 58.3. The van der Waals surface area contributed by atoms with Crippen LogP contribution in [-0.2, 0) is 49.6 Å². The third kappa shape index (κ3) is 33.7. The number of carbonyl (C=O) groups is 4. The van der Waals surface area contributed by atoms with Gasteiger partial charge in [0.15, 0.2) is 17.4 Å². The number of H-pyrrole nitrogens is 3. The number of fused-ring (bicyclic) bond motifs is 4. The number of ether oxygens (including phenoxy) is 2. The van der Waals surface area contributed by atoms with Gasteiger partial charge in [0.25, 0.3) is 11.1 Å². The number of anilines is 5. The van der Waals surface area contributed by atoms with Crippen molar-refractivity contribution in [2.45, 2.75) is 202 Å². The van der Waals surface area contributed by atoms with Crippen LogP contribution in [0, 0.1) is 83.1 Å². The Morgan fingerprint density at radius 2 is 1.07 bits per heavy atom. The molecule has 1 fully saturated rings. The van der Waals surface area contributed by atoms with Gasteiger partial charge >= 0.3 is 43.9 Å². The van der Waals surface area contributed by atoms with Gasteiger partial charge in [-0.25, -0.2) is 14.4 Å². The molecule has 16 N–H and O–H groups in total. The Labute approximate surface area is 882 Å². The smallest absolute Gasteiger partial charge is 1.00 e. The number of pyridine rings is 4. The molecule has 0 spiro atoms. The van der Waals surface area contributed by atoms with Crippen LogP contribution in [0.15, 0.2) is 197 Å². The number of nitrogens with one attached hydrogen (secondary N) is 5. The number of hydrazine groups is 1. The Balaban J connectivity index is 0.000000333. The number of aliphatic hydroxyl groups excluding tert-OH is 2. The summed E-state index contributed by atoms with van der Waals surface area (Å²) in [6.45, 7) is 44.4. The molecule has 38 heteroatoms. The molecule has 1 saturated heterocycles. The number of aromatic amines is 3. The molecule has 2 aliphatic carbocycles. The maximum atomic E-state index is 11.7. The monoisotopic (exact) mass is 2080 g/mol. The molecule has 0 amide bonds. The Kier molecular flexibility index (Phi) is 49.3. The number of hydrogen-bond donors (Lipinski definition) is 12. The van der Waals surface area contributed by atoms with Gasteiger partial charge in [-0.05, 0) is 296 Å². The fourth-order valence-electron chi connectivity index (χ4n) is 14.9. The Morgan fingerprint density at radius 1 is 0.576 bits per heavy atom. The number of aldehydes is 1. The van der Waals surface area contributed by atoms with Crippen LogP contribution in [0.2, 0.25) is 0 Å². The molecule has 0 radical (unpaired) electrons. The summed E-state index contributed by atoms with van der Waals surface area (Å²) in [4.78, 5) is 81.7. The van der Waals surface area contributed by atoms with E-state index in [0.29, 0.717) is 59.4 Å². The number of rotatable bonds is 13. The minimum atomic E-state index is -0.956. The topological polar surface area (TPSA) is 505 Å². The van der Waals surface area contributed by atoms with Crippen molar-refractivity contribution in [1.29, 1.82) is 0 Å². The van der Waals surface area contributed by atoms with Crippen molar-refractivity contribution in [1.82, 2.24) is 45.5 Å². The number of carbonyl (C=O) groups excluding carboxylic acids is 3. The van der Waals surface area contributed by atoms with Crippen molar-refractivity contribution in [3.8, 4) is 33.4 Å². The molecule has 9 aromatic heterocycles. The molecule has 2 aliphatic heterocycles. The van der Waals surface area contributed by atoms with Crippen LogP contribution in [-0.4, -0.2) is 146 Å². The number of esters is 2. The van der Waals surface area contributed by atoms with Gasteiger partial charge in [0, 0.05) is 121 Å². The first-order valence-corrected chi connectivity index (χ1v) is 47.5. The van der Waals surface area contributed by atoms with Crippen molar-refractivity contribution >= 4 is 144 Å². The summed E-state index contributed by atoms with van der Waals surface area (Å²) in [6.07, 6.45) is 16.6. The fraction of sp³-hybridized carbons (Fsp3) is 0.321. The molecule has 4 aliphatic rings. The zero-order chi connectivity index (χ0) is 105. The first-order valence-electron chi connectivity index (χ1n) is 45.7. The van der Waals surface area contributed by atoms with E-state index >= 15 is 0 Å². The van der Waals surface area contributed by atoms with Crippen LogP contribution < -0.4 is 69.2 Å². The molecule has 32 nitrogen and oxygen atoms in total. The summed E-state index contributed by atoms with van der Waals surface area (Å²) in [5.41, 5.74) is 48.4. The first-order chi connectivity index (χ1) is 67.4. The second-order valence-electron chi connectivity index (χ2n) is 34.1. The van der Waals surface area contributed by atoms with Crippen LogP contribution in [0.1, 0.15) is 221 Å². The van der Waals surface area contributed by atoms with Gasteiger partial charge in [-0.15, -0.1) is 23.2 Å². The molecule has 11 heterocycles. The predicted octanol–water partition coefficient (Wildman–Crippen LogP) is 16.7. The van der Waals surface area contributed by atoms with Crippen molar-refractivity contribution in [3.63, 3.8) is 0 Å². The van der Waals surface area contributed by atoms with Crippen LogP contribution in [0.3, 0.4) is 0 Å². The van der Waals surface area contributed by atoms with Gasteiger partial charge in [0.2, 0.25) is 0 Å². The summed E-state index contributed by atoms with van der Waals surface area (Å²) in [6, 6.07) is 37.0. The van der Waals surface area contributed by atoms with Gasteiger partial charge in [0.1, 0.15) is 29.3 Å². The molecule has 1 atom stereocenters. The number of aromatic carboxylic acids is 1. The molecule has 18 rings (SSSR count). The zero-order valence-corrected chi connectivity index (χ0v) is 88.5. The van der Waals surface area contributed by atoms with E-state index in [9.17, 15) is 28.8 Å². The van der Waals surface area contributed by atoms with E-state index in [1.807, 2.05) is 210 Å². The molecule has 1 unspecified atom stereocenters. The van der Waals surface area contributed by atoms with Gasteiger partial charge in [0.05, 0.1) is 111 Å². The maximum absolute atomic E-state index is 11.7. The number of alkyl halides is 2. The molecule has 14 aromatic rings. The molecule has 762 valence electrons. The number of aryl methyl sites for hydroxylation is 12. The molecule has 0 saturated carbocycles. The summed E-state index contributed by atoms with van der Waals surface area (Å²) in [5, 5.41) is 46.7. The normalized spacial score (nSPS) is 12.8. The van der Waals surface area contributed by atoms with Crippen LogP contribution in [0.25, 0.3) is 55.4 Å². The van der Waals surface area contributed by atoms with Crippen LogP contribution >= 0.6 is 39.1 Å². The average molecular weight is 2080 g/mol. The molecule has 5 aromatic carbocycles. The maximum Gasteiger partial charge on any atom is 1.00 e. The quantitative estimate of drug-likeness (QED) is 0.0127. The predicted molar refractivity (Wildman–Crippen MR) is 577 cm³/mol. The van der Waals surface area contributed by atoms with Gasteiger partial charge in [-0.1, -0.05) is 95.2 Å². The second-order valence-corrected chi connectivity index (χ2v) is 35.8. The number of aromatic nitrogens is 9. The number of hydrogen-bond acceptors (Lipinski definition) is 28. The minimum absolute atomic E-state index is 0. The number of benzene rings is 5. The number of carboxylic acid groups (broad SMARTS) is 1. The Bertz CT molecular complexity index is 6640. The number of nitrogen functional groups attached to an aromatic ring is 4. The molecular weight excluding hydrogens is 1950 g/mol. The number of aliphatic hydroxyl groups is 2. The van der Waals surface area contributed by atoms with E-state index in [-0.39, 0.29) is 109 Å². The first kappa shape index (κ1) is 122. The molecule has 144 heavy (non-hydrogen) atoms. The zero-order valence-electron chi connectivity index (χ0n) is 86.4. The number of carboxylic acids is 1. The standard InChI is InChI=1S/C13H14O2.C12H15NO2.C11H18BNO3.C11H13N3O.C11H12N2O2.C11H12O.C10H11N3O2.C10H11NO.C7H8N2O2.C6H7BrN2.C3H6O.CH2Cl2.Al.Li.4H/c1-3-15-13(14)11-6-7-12-9(2)4-5-10(12)8-11;1-3-15-12(14)9-5-4-6-10-11(9)8(2)7-13-10;1-7-9(8(2)14-13-7)12-15-10(3,4)11(5,6)16-12;1-6-10(12)4-9(5-13-6)11-7(2)14-15-8(11)3;1-6-4-9(5-12-11(6)14)10-7(2)13-15-8(10)3;1-8-2-4-10-6-9(7-12)3-5-11(8)10;1-5-9(6(2)15-13-5)7-3-8(11)10(14)12-4-7;1-7-5-11-9-4-2-3-8(6-12)10(7)9;8-9-6-3-1-2-5(4-6)7(10)11;1-4-6(8)2-5(7)3-9-4;1-2-3-4;2-1-3;;;;;;/h4,6-8H,3,5H2,1-2H3;4-6,8,13H,3,7H2,1-2H3;1-6H3;4-5H,12H2,1-3H3;4-5H,1-3H3,(H,12,14);2-3,5-6,12H,4,7H2,1H3;3-4H,11H2,1-2H3,(H,12,14);2-5,11-12H,6H2,1H3;1-4,9H,8H2,(H,10,11);2-3H,8H2,1H3;3H,2H2,1H3;1H2;;;;;;/q;;;;;;;;;;;;;+1;;;;-1. The third-order valence-corrected chi connectivity index (χ3v) is 23.6. The van der Waals surface area contributed by atoms with E-state index in [1.54, 1.807) is 49.9 Å². The van der Waals surface area contributed by atoms with Crippen molar-refractivity contribution < 1.29 is 91.7 Å². The van der Waals surface area contributed by atoms with E-state index < -0.39 is 5.97 Å². The van der Waals surface area contributed by atoms with E-state index in [4.69, 9.17) is 98.4 Å². The van der Waals surface area contributed by atoms with Gasteiger partial charge in [-0.2, -0.15) is 0 Å². The largest absolute Gasteiger partial charge is 1.00 e. The number of allylic oxidation sites excluding steroid dienone is 4. The third-order valence-electron chi connectivity index (χ3n) is 23.2. The van der Waals surface area contributed by atoms with Crippen LogP contribution in [0.4, 0.5) is 28.4 Å². The minimum Gasteiger partial charge on any atom is -1.00 e. The van der Waals surface area contributed by atoms with Crippen LogP contribution in [0.5, 0.6) is 0 Å². The molecule has 0 bridgehead atoms. The number of nitrogens with zero attached hydrogens (tertiary/aromatic N) is 6. The number of nitrogens with two attached hydrogens (primary N) is 4. The van der Waals surface area contributed by atoms with Gasteiger partial charge in [-0.3, -0.25) is 25.4 Å². The average Bonchev–Trinajstić information content (AvgIpc) is 1.61. The molecular formula is C106H133AlBBrCl2LiN15O17. The van der Waals surface area contributed by atoms with E-state index in [0.717, 1.165) is 159 Å². The SMILES string of the molecule is CC1=CCc2cc(CO)ccc21.CCC=O.CCOC(=O)c1ccc2c(c1)CC=C2C.CCOC(=O)c1cccc2c1C(C)CN2.Cc1c[nH]c2cccc(CO)c12.Cc1ncc(-c2c(C)noc2C)cc1N.Cc1ncc(Br)cc1N.Cc1noc(C)c1-c1c[nH]c(=O)c(C)c1.Cc1noc(C)c1-c1c[nH]c(=O)c(N)c1.Cc1noc(C)c1B1OC(C)(C)C(C)(C)O1.ClCCl.NNc1cccc(C(=O)O)c1.[AlH3].[H-].[Li+]. The van der Waals surface area contributed by atoms with E-state index in [2.05, 4.69) is 117 Å². The van der Waals surface area contributed by atoms with Crippen molar-refractivity contribution in [3.05, 3.63) is 314 Å². The van der Waals surface area contributed by atoms with Gasteiger partial charge < -0.3 is 101 Å². The summed E-state index contributed by atoms with van der Waals surface area (Å²) in [7, 11) is -0.378. The van der Waals surface area contributed by atoms with Crippen molar-refractivity contribution in [2.75, 3.05) is 53.0 Å². The van der Waals surface area contributed by atoms with Crippen molar-refractivity contribution in [2.24, 2.45) is 5.84 Å². The Morgan fingerprint density at radius 3 is 1.55 bits per heavy atom. The summed E-state index contributed by atoms with van der Waals surface area (Å²) in [5.74, 6) is 7.07. The summed E-state index contributed by atoms with van der Waals surface area (Å²) >= 11 is 12.8. The Hall–Kier alpha value is -12.7.